The third kappa shape index (κ3) is 5.09. The van der Waals surface area contributed by atoms with E-state index in [-0.39, 0.29) is 6.42 Å². The van der Waals surface area contributed by atoms with E-state index >= 15 is 0 Å². The van der Waals surface area contributed by atoms with E-state index in [9.17, 15) is 4.79 Å². The van der Waals surface area contributed by atoms with Gasteiger partial charge in [-0.15, -0.1) is 6.58 Å². The van der Waals surface area contributed by atoms with Gasteiger partial charge in [0.05, 0.1) is 6.42 Å². The first-order chi connectivity index (χ1) is 4.66. The molecule has 0 aromatic heterocycles. The van der Waals surface area contributed by atoms with Crippen molar-refractivity contribution in [2.75, 3.05) is 0 Å². The topological polar surface area (TPSA) is 37.3 Å². The Bertz CT molecular complexity index is 157. The molecule has 0 atom stereocenters. The molecule has 0 rings (SSSR count). The van der Waals surface area contributed by atoms with Crippen molar-refractivity contribution >= 4 is 5.97 Å². The first-order valence-electron chi connectivity index (χ1n) is 3.15. The monoisotopic (exact) mass is 140 g/mol. The van der Waals surface area contributed by atoms with Gasteiger partial charge in [0.2, 0.25) is 0 Å². The highest BCUT2D eigenvalue weighted by atomic mass is 16.4. The van der Waals surface area contributed by atoms with Crippen molar-refractivity contribution in [1.82, 2.24) is 0 Å². The Kier molecular flexibility index (Phi) is 4.29. The lowest BCUT2D eigenvalue weighted by molar-refractivity contribution is -0.136. The van der Waals surface area contributed by atoms with Crippen LogP contribution < -0.4 is 0 Å². The maximum absolute atomic E-state index is 10.0. The normalized spacial score (nSPS) is 11.1. The van der Waals surface area contributed by atoms with E-state index < -0.39 is 5.97 Å². The number of allylic oxidation sites excluding steroid dienone is 2. The highest BCUT2D eigenvalue weighted by molar-refractivity contribution is 5.68. The molecular formula is C8H12O2. The average Bonchev–Trinajstić information content (AvgIpc) is 1.85. The third-order valence-corrected chi connectivity index (χ3v) is 1.09. The molecular weight excluding hydrogens is 128 g/mol. The van der Waals surface area contributed by atoms with Crippen LogP contribution >= 0.6 is 0 Å². The Balaban J connectivity index is 3.67. The van der Waals surface area contributed by atoms with E-state index in [2.05, 4.69) is 6.58 Å². The highest BCUT2D eigenvalue weighted by Crippen LogP contribution is 2.00. The Morgan fingerprint density at radius 2 is 2.20 bits per heavy atom. The van der Waals surface area contributed by atoms with Gasteiger partial charge in [-0.3, -0.25) is 4.79 Å². The lowest BCUT2D eigenvalue weighted by atomic mass is 10.2. The van der Waals surface area contributed by atoms with Gasteiger partial charge in [-0.05, 0) is 13.3 Å². The van der Waals surface area contributed by atoms with Crippen LogP contribution in [0, 0.1) is 0 Å². The number of hydrogen-bond acceptors (Lipinski definition) is 1. The fraction of sp³-hybridized carbons (Fsp3) is 0.375. The van der Waals surface area contributed by atoms with E-state index in [1.54, 1.807) is 12.2 Å². The van der Waals surface area contributed by atoms with Crippen LogP contribution in [0.2, 0.25) is 0 Å². The summed E-state index contributed by atoms with van der Waals surface area (Å²) < 4.78 is 0. The van der Waals surface area contributed by atoms with Crippen LogP contribution in [0.15, 0.2) is 24.3 Å². The number of rotatable bonds is 4. The van der Waals surface area contributed by atoms with Gasteiger partial charge in [0.1, 0.15) is 0 Å². The van der Waals surface area contributed by atoms with Crippen molar-refractivity contribution < 1.29 is 9.90 Å². The molecule has 0 amide bonds. The summed E-state index contributed by atoms with van der Waals surface area (Å²) in [6, 6.07) is 0. The van der Waals surface area contributed by atoms with Gasteiger partial charge >= 0.3 is 5.97 Å². The van der Waals surface area contributed by atoms with Crippen LogP contribution in [0.1, 0.15) is 19.8 Å². The van der Waals surface area contributed by atoms with Crippen molar-refractivity contribution in [3.63, 3.8) is 0 Å². The van der Waals surface area contributed by atoms with E-state index in [1.165, 1.54) is 0 Å². The summed E-state index contributed by atoms with van der Waals surface area (Å²) in [5.41, 5.74) is 1.05. The zero-order valence-electron chi connectivity index (χ0n) is 6.13. The molecule has 0 aliphatic carbocycles. The molecule has 0 spiro atoms. The highest BCUT2D eigenvalue weighted by Gasteiger charge is 1.91. The van der Waals surface area contributed by atoms with Crippen molar-refractivity contribution in [2.24, 2.45) is 0 Å². The molecule has 0 aliphatic rings. The second kappa shape index (κ2) is 4.79. The fourth-order valence-electron chi connectivity index (χ4n) is 0.573. The molecule has 0 aromatic rings. The maximum Gasteiger partial charge on any atom is 0.307 e. The molecule has 10 heavy (non-hydrogen) atoms. The number of aliphatic carboxylic acids is 1. The molecule has 0 aliphatic heterocycles. The SMILES string of the molecule is C=CC/C(C)=C/CC(=O)O. The molecule has 0 saturated heterocycles. The van der Waals surface area contributed by atoms with Crippen molar-refractivity contribution in [3.8, 4) is 0 Å². The summed E-state index contributed by atoms with van der Waals surface area (Å²) in [6.45, 7) is 5.43. The summed E-state index contributed by atoms with van der Waals surface area (Å²) in [4.78, 5) is 10.0. The van der Waals surface area contributed by atoms with Crippen LogP contribution in [-0.4, -0.2) is 11.1 Å². The van der Waals surface area contributed by atoms with Crippen LogP contribution in [-0.2, 0) is 4.79 Å². The third-order valence-electron chi connectivity index (χ3n) is 1.09. The fourth-order valence-corrected chi connectivity index (χ4v) is 0.573. The zero-order valence-corrected chi connectivity index (χ0v) is 6.13. The predicted molar refractivity (Wildman–Crippen MR) is 40.8 cm³/mol. The van der Waals surface area contributed by atoms with Crippen LogP contribution in [0.4, 0.5) is 0 Å². The first kappa shape index (κ1) is 8.95. The quantitative estimate of drug-likeness (QED) is 0.606. The predicted octanol–water partition coefficient (Wildman–Crippen LogP) is 1.98. The molecule has 1 N–H and O–H groups in total. The smallest absolute Gasteiger partial charge is 0.307 e. The number of carboxylic acids is 1. The molecule has 2 heteroatoms. The van der Waals surface area contributed by atoms with Gasteiger partial charge in [-0.25, -0.2) is 0 Å². The number of hydrogen-bond donors (Lipinski definition) is 1. The van der Waals surface area contributed by atoms with Crippen molar-refractivity contribution in [2.45, 2.75) is 19.8 Å². The van der Waals surface area contributed by atoms with Gasteiger partial charge in [0.25, 0.3) is 0 Å². The minimum absolute atomic E-state index is 0.111. The summed E-state index contributed by atoms with van der Waals surface area (Å²) in [6.07, 6.45) is 4.34. The Labute approximate surface area is 60.9 Å². The van der Waals surface area contributed by atoms with Gasteiger partial charge in [-0.1, -0.05) is 17.7 Å². The molecule has 2 nitrogen and oxygen atoms in total. The molecule has 0 saturated carbocycles. The summed E-state index contributed by atoms with van der Waals surface area (Å²) in [5, 5.41) is 8.26. The van der Waals surface area contributed by atoms with Crippen LogP contribution in [0.5, 0.6) is 0 Å². The van der Waals surface area contributed by atoms with Gasteiger partial charge in [0, 0.05) is 0 Å². The van der Waals surface area contributed by atoms with Gasteiger partial charge in [0.15, 0.2) is 0 Å². The molecule has 0 bridgehead atoms. The molecule has 0 fully saturated rings. The van der Waals surface area contributed by atoms with E-state index in [0.29, 0.717) is 0 Å². The minimum Gasteiger partial charge on any atom is -0.481 e. The standard InChI is InChI=1S/C8H12O2/c1-3-4-7(2)5-6-8(9)10/h3,5H,1,4,6H2,2H3,(H,9,10)/b7-5+. The van der Waals surface area contributed by atoms with Gasteiger partial charge in [-0.2, -0.15) is 0 Å². The minimum atomic E-state index is -0.789. The van der Waals surface area contributed by atoms with Crippen molar-refractivity contribution in [3.05, 3.63) is 24.3 Å². The summed E-state index contributed by atoms with van der Waals surface area (Å²) in [7, 11) is 0. The number of carbonyl (C=O) groups is 1. The number of carboxylic acid groups (broad SMARTS) is 1. The van der Waals surface area contributed by atoms with Crippen LogP contribution in [0.25, 0.3) is 0 Å². The second-order valence-electron chi connectivity index (χ2n) is 2.14. The van der Waals surface area contributed by atoms with E-state index in [1.807, 2.05) is 6.92 Å². The molecule has 56 valence electrons. The van der Waals surface area contributed by atoms with Crippen molar-refractivity contribution in [1.29, 1.82) is 0 Å². The summed E-state index contributed by atoms with van der Waals surface area (Å²) in [5.74, 6) is -0.789. The molecule has 0 heterocycles. The maximum atomic E-state index is 10.0. The summed E-state index contributed by atoms with van der Waals surface area (Å²) >= 11 is 0. The lowest BCUT2D eigenvalue weighted by Crippen LogP contribution is -1.90. The second-order valence-corrected chi connectivity index (χ2v) is 2.14. The molecule has 0 aromatic carbocycles. The van der Waals surface area contributed by atoms with E-state index in [4.69, 9.17) is 5.11 Å². The Morgan fingerprint density at radius 1 is 1.60 bits per heavy atom. The molecule has 0 radical (unpaired) electrons. The molecule has 0 unspecified atom stereocenters. The zero-order chi connectivity index (χ0) is 7.98. The Morgan fingerprint density at radius 3 is 2.60 bits per heavy atom. The Hall–Kier alpha value is -1.05. The average molecular weight is 140 g/mol. The lowest BCUT2D eigenvalue weighted by Gasteiger charge is -1.91. The van der Waals surface area contributed by atoms with Gasteiger partial charge < -0.3 is 5.11 Å². The largest absolute Gasteiger partial charge is 0.481 e. The van der Waals surface area contributed by atoms with E-state index in [0.717, 1.165) is 12.0 Å². The first-order valence-corrected chi connectivity index (χ1v) is 3.15. The van der Waals surface area contributed by atoms with Crippen LogP contribution in [0.3, 0.4) is 0 Å².